The minimum Gasteiger partial charge on any atom is -0.462 e. The number of hydrogen-bond donors (Lipinski definition) is 0. The van der Waals surface area contributed by atoms with Gasteiger partial charge in [-0.15, -0.1) is 0 Å². The van der Waals surface area contributed by atoms with Crippen LogP contribution in [-0.2, 0) is 19.1 Å². The summed E-state index contributed by atoms with van der Waals surface area (Å²) in [4.78, 5) is 22.3. The fourth-order valence-electron chi connectivity index (χ4n) is 2.20. The van der Waals surface area contributed by atoms with Crippen LogP contribution in [0.2, 0.25) is 0 Å². The van der Waals surface area contributed by atoms with Crippen LogP contribution < -0.4 is 0 Å². The van der Waals surface area contributed by atoms with Crippen LogP contribution in [0.5, 0.6) is 0 Å². The molecule has 0 radical (unpaired) electrons. The Morgan fingerprint density at radius 1 is 0.944 bits per heavy atom. The molecule has 0 bridgehead atoms. The summed E-state index contributed by atoms with van der Waals surface area (Å²) in [5, 5.41) is 0. The lowest BCUT2D eigenvalue weighted by molar-refractivity contribution is -0.149. The van der Waals surface area contributed by atoms with Crippen LogP contribution in [0.4, 0.5) is 0 Å². The molecule has 18 heavy (non-hydrogen) atoms. The number of esters is 2. The summed E-state index contributed by atoms with van der Waals surface area (Å²) >= 11 is 0. The van der Waals surface area contributed by atoms with Crippen molar-refractivity contribution >= 4 is 11.9 Å². The molecule has 0 atom stereocenters. The molecule has 1 aliphatic carbocycles. The molecule has 0 amide bonds. The van der Waals surface area contributed by atoms with Gasteiger partial charge in [0.1, 0.15) is 13.2 Å². The maximum absolute atomic E-state index is 11.1. The lowest BCUT2D eigenvalue weighted by atomic mass is 9.75. The molecule has 0 saturated heterocycles. The van der Waals surface area contributed by atoms with Crippen LogP contribution in [0.3, 0.4) is 0 Å². The molecule has 0 aliphatic heterocycles. The van der Waals surface area contributed by atoms with Crippen LogP contribution >= 0.6 is 0 Å². The van der Waals surface area contributed by atoms with Gasteiger partial charge in [0.2, 0.25) is 0 Å². The smallest absolute Gasteiger partial charge is 0.330 e. The van der Waals surface area contributed by atoms with E-state index in [0.717, 1.165) is 37.8 Å². The fourth-order valence-corrected chi connectivity index (χ4v) is 2.20. The molecule has 0 spiro atoms. The Morgan fingerprint density at radius 3 is 1.78 bits per heavy atom. The Hall–Kier alpha value is -1.58. The van der Waals surface area contributed by atoms with Crippen molar-refractivity contribution in [1.82, 2.24) is 0 Å². The molecule has 0 aromatic rings. The highest BCUT2D eigenvalue weighted by Gasteiger charge is 2.34. The van der Waals surface area contributed by atoms with Crippen LogP contribution in [0.1, 0.15) is 32.1 Å². The second kappa shape index (κ2) is 6.99. The molecule has 1 fully saturated rings. The summed E-state index contributed by atoms with van der Waals surface area (Å²) in [6, 6.07) is 0. The minimum absolute atomic E-state index is 0.240. The molecule has 1 aliphatic rings. The first-order valence-corrected chi connectivity index (χ1v) is 6.20. The average Bonchev–Trinajstić information content (AvgIpc) is 2.43. The molecule has 0 N–H and O–H groups in total. The van der Waals surface area contributed by atoms with E-state index in [1.165, 1.54) is 6.42 Å². The molecule has 4 heteroatoms. The van der Waals surface area contributed by atoms with Gasteiger partial charge in [-0.2, -0.15) is 0 Å². The second-order valence-electron chi connectivity index (χ2n) is 4.68. The van der Waals surface area contributed by atoms with E-state index in [2.05, 4.69) is 13.2 Å². The Balaban J connectivity index is 2.56. The third-order valence-electron chi connectivity index (χ3n) is 3.29. The Kier molecular flexibility index (Phi) is 5.62. The maximum Gasteiger partial charge on any atom is 0.330 e. The zero-order chi connectivity index (χ0) is 13.4. The number of carbonyl (C=O) groups is 2. The standard InChI is InChI=1S/C14H20O4/c1-3-12(15)17-10-14(8-6-5-7-9-14)11-18-13(16)4-2/h3-4H,1-2,5-11H2. The lowest BCUT2D eigenvalue weighted by Crippen LogP contribution is -2.36. The summed E-state index contributed by atoms with van der Waals surface area (Å²) in [6.45, 7) is 7.28. The number of hydrogen-bond acceptors (Lipinski definition) is 4. The van der Waals surface area contributed by atoms with Crippen molar-refractivity contribution < 1.29 is 19.1 Å². The van der Waals surface area contributed by atoms with E-state index in [1.54, 1.807) is 0 Å². The second-order valence-corrected chi connectivity index (χ2v) is 4.68. The predicted molar refractivity (Wildman–Crippen MR) is 67.8 cm³/mol. The van der Waals surface area contributed by atoms with Gasteiger partial charge in [0.15, 0.2) is 0 Å². The quantitative estimate of drug-likeness (QED) is 0.538. The van der Waals surface area contributed by atoms with Crippen molar-refractivity contribution in [2.75, 3.05) is 13.2 Å². The maximum atomic E-state index is 11.1. The minimum atomic E-state index is -0.435. The van der Waals surface area contributed by atoms with E-state index in [4.69, 9.17) is 9.47 Å². The first-order chi connectivity index (χ1) is 8.62. The molecule has 0 aromatic carbocycles. The Bertz CT molecular complexity index is 301. The largest absolute Gasteiger partial charge is 0.462 e. The number of ether oxygens (including phenoxy) is 2. The first-order valence-electron chi connectivity index (χ1n) is 6.20. The summed E-state index contributed by atoms with van der Waals surface area (Å²) in [5.41, 5.74) is -0.240. The third kappa shape index (κ3) is 4.35. The van der Waals surface area contributed by atoms with Crippen LogP contribution in [0.15, 0.2) is 25.3 Å². The topological polar surface area (TPSA) is 52.6 Å². The molecule has 0 heterocycles. The Morgan fingerprint density at radius 2 is 1.39 bits per heavy atom. The third-order valence-corrected chi connectivity index (χ3v) is 3.29. The van der Waals surface area contributed by atoms with Gasteiger partial charge in [-0.05, 0) is 12.8 Å². The van der Waals surface area contributed by atoms with Crippen molar-refractivity contribution in [3.05, 3.63) is 25.3 Å². The lowest BCUT2D eigenvalue weighted by Gasteiger charge is -2.35. The van der Waals surface area contributed by atoms with Gasteiger partial charge >= 0.3 is 11.9 Å². The van der Waals surface area contributed by atoms with Crippen LogP contribution in [-0.4, -0.2) is 25.2 Å². The van der Waals surface area contributed by atoms with Gasteiger partial charge in [-0.3, -0.25) is 0 Å². The molecule has 100 valence electrons. The van der Waals surface area contributed by atoms with E-state index in [9.17, 15) is 9.59 Å². The fraction of sp³-hybridized carbons (Fsp3) is 0.571. The van der Waals surface area contributed by atoms with Crippen molar-refractivity contribution in [1.29, 1.82) is 0 Å². The molecular formula is C14H20O4. The van der Waals surface area contributed by atoms with Crippen molar-refractivity contribution in [3.8, 4) is 0 Å². The van der Waals surface area contributed by atoms with E-state index in [1.807, 2.05) is 0 Å². The predicted octanol–water partition coefficient (Wildman–Crippen LogP) is 2.40. The summed E-state index contributed by atoms with van der Waals surface area (Å²) in [6.07, 6.45) is 7.41. The zero-order valence-corrected chi connectivity index (χ0v) is 10.7. The summed E-state index contributed by atoms with van der Waals surface area (Å²) in [7, 11) is 0. The van der Waals surface area contributed by atoms with E-state index >= 15 is 0 Å². The highest BCUT2D eigenvalue weighted by molar-refractivity contribution is 5.81. The van der Waals surface area contributed by atoms with Gasteiger partial charge in [-0.25, -0.2) is 9.59 Å². The van der Waals surface area contributed by atoms with Crippen LogP contribution in [0.25, 0.3) is 0 Å². The van der Waals surface area contributed by atoms with Crippen LogP contribution in [0, 0.1) is 5.41 Å². The van der Waals surface area contributed by atoms with Crippen molar-refractivity contribution in [2.24, 2.45) is 5.41 Å². The average molecular weight is 252 g/mol. The van der Waals surface area contributed by atoms with E-state index in [-0.39, 0.29) is 18.6 Å². The van der Waals surface area contributed by atoms with Gasteiger partial charge in [0.25, 0.3) is 0 Å². The van der Waals surface area contributed by atoms with Gasteiger partial charge < -0.3 is 9.47 Å². The van der Waals surface area contributed by atoms with Gasteiger partial charge in [0.05, 0.1) is 0 Å². The summed E-state index contributed by atoms with van der Waals surface area (Å²) in [5.74, 6) is -0.870. The first kappa shape index (κ1) is 14.5. The van der Waals surface area contributed by atoms with E-state index < -0.39 is 11.9 Å². The molecule has 1 rings (SSSR count). The monoisotopic (exact) mass is 252 g/mol. The highest BCUT2D eigenvalue weighted by Crippen LogP contribution is 2.37. The SMILES string of the molecule is C=CC(=O)OCC1(COC(=O)C=C)CCCCC1. The molecule has 4 nitrogen and oxygen atoms in total. The van der Waals surface area contributed by atoms with Gasteiger partial charge in [-0.1, -0.05) is 32.4 Å². The van der Waals surface area contributed by atoms with E-state index in [0.29, 0.717) is 0 Å². The molecule has 1 saturated carbocycles. The van der Waals surface area contributed by atoms with Gasteiger partial charge in [0, 0.05) is 17.6 Å². The Labute approximate surface area is 108 Å². The molecule has 0 unspecified atom stereocenters. The number of rotatable bonds is 6. The number of carbonyl (C=O) groups excluding carboxylic acids is 2. The molecule has 0 aromatic heterocycles. The van der Waals surface area contributed by atoms with Crippen molar-refractivity contribution in [3.63, 3.8) is 0 Å². The zero-order valence-electron chi connectivity index (χ0n) is 10.7. The molecular weight excluding hydrogens is 232 g/mol. The summed E-state index contributed by atoms with van der Waals surface area (Å²) < 4.78 is 10.3. The normalized spacial score (nSPS) is 17.6. The highest BCUT2D eigenvalue weighted by atomic mass is 16.5. The van der Waals surface area contributed by atoms with Crippen molar-refractivity contribution in [2.45, 2.75) is 32.1 Å².